The van der Waals surface area contributed by atoms with Gasteiger partial charge in [-0.15, -0.1) is 0 Å². The van der Waals surface area contributed by atoms with Crippen molar-refractivity contribution in [1.29, 1.82) is 0 Å². The van der Waals surface area contributed by atoms with Crippen LogP contribution in [-0.2, 0) is 0 Å². The Bertz CT molecular complexity index is 592. The summed E-state index contributed by atoms with van der Waals surface area (Å²) in [5.41, 5.74) is 0.685. The van der Waals surface area contributed by atoms with E-state index < -0.39 is 11.8 Å². The van der Waals surface area contributed by atoms with E-state index in [0.29, 0.717) is 11.8 Å². The van der Waals surface area contributed by atoms with E-state index in [-0.39, 0.29) is 17.0 Å². The molecule has 2 rings (SSSR count). The van der Waals surface area contributed by atoms with Gasteiger partial charge in [0, 0.05) is 11.1 Å². The van der Waals surface area contributed by atoms with E-state index in [2.05, 4.69) is 10.2 Å². The van der Waals surface area contributed by atoms with Gasteiger partial charge in [-0.1, -0.05) is 0 Å². The van der Waals surface area contributed by atoms with Crippen molar-refractivity contribution in [2.45, 2.75) is 0 Å². The lowest BCUT2D eigenvalue weighted by atomic mass is 10.1. The van der Waals surface area contributed by atoms with Crippen LogP contribution in [0.25, 0.3) is 11.3 Å². The zero-order valence-corrected chi connectivity index (χ0v) is 8.48. The molecule has 0 saturated carbocycles. The van der Waals surface area contributed by atoms with Gasteiger partial charge in [-0.2, -0.15) is 5.10 Å². The Morgan fingerprint density at radius 2 is 2.18 bits per heavy atom. The highest BCUT2D eigenvalue weighted by Crippen LogP contribution is 2.22. The molecule has 6 heteroatoms. The molecule has 2 N–H and O–H groups in total. The largest absolute Gasteiger partial charge is 0.477 e. The zero-order valence-electron chi connectivity index (χ0n) is 8.48. The first-order chi connectivity index (χ1) is 8.11. The number of hydrogen-bond donors (Lipinski definition) is 2. The standard InChI is InChI=1S/C11H7FN2O3/c12-7-1-2-8(6(3-7)5-15)9-4-10(11(16)17)14-13-9/h1-5H,(H,13,14)(H,16,17). The van der Waals surface area contributed by atoms with Gasteiger partial charge in [0.1, 0.15) is 11.5 Å². The molecule has 0 fully saturated rings. The quantitative estimate of drug-likeness (QED) is 0.792. The maximum absolute atomic E-state index is 12.9. The number of aromatic nitrogens is 2. The Morgan fingerprint density at radius 3 is 2.76 bits per heavy atom. The second kappa shape index (κ2) is 4.17. The Kier molecular flexibility index (Phi) is 2.70. The Morgan fingerprint density at radius 1 is 1.41 bits per heavy atom. The van der Waals surface area contributed by atoms with Crippen LogP contribution in [0.1, 0.15) is 20.8 Å². The molecule has 0 aliphatic rings. The number of hydrogen-bond acceptors (Lipinski definition) is 3. The predicted octanol–water partition coefficient (Wildman–Crippen LogP) is 1.73. The van der Waals surface area contributed by atoms with Gasteiger partial charge in [0.05, 0.1) is 5.69 Å². The zero-order chi connectivity index (χ0) is 12.4. The molecule has 1 heterocycles. The van der Waals surface area contributed by atoms with E-state index in [1.165, 1.54) is 18.2 Å². The van der Waals surface area contributed by atoms with Crippen molar-refractivity contribution in [3.8, 4) is 11.3 Å². The highest BCUT2D eigenvalue weighted by Gasteiger charge is 2.12. The van der Waals surface area contributed by atoms with Crippen LogP contribution in [-0.4, -0.2) is 27.6 Å². The van der Waals surface area contributed by atoms with Crippen molar-refractivity contribution in [1.82, 2.24) is 10.2 Å². The van der Waals surface area contributed by atoms with Crippen LogP contribution in [0.5, 0.6) is 0 Å². The Hall–Kier alpha value is -2.50. The average molecular weight is 234 g/mol. The number of halogens is 1. The van der Waals surface area contributed by atoms with E-state index in [4.69, 9.17) is 5.11 Å². The summed E-state index contributed by atoms with van der Waals surface area (Å²) >= 11 is 0. The first-order valence-corrected chi connectivity index (χ1v) is 4.65. The third-order valence-corrected chi connectivity index (χ3v) is 2.22. The molecule has 0 radical (unpaired) electrons. The van der Waals surface area contributed by atoms with Crippen LogP contribution in [0.3, 0.4) is 0 Å². The van der Waals surface area contributed by atoms with Gasteiger partial charge < -0.3 is 5.11 Å². The highest BCUT2D eigenvalue weighted by atomic mass is 19.1. The number of rotatable bonds is 3. The second-order valence-corrected chi connectivity index (χ2v) is 3.32. The number of carboxylic acid groups (broad SMARTS) is 1. The van der Waals surface area contributed by atoms with Gasteiger partial charge >= 0.3 is 5.97 Å². The van der Waals surface area contributed by atoms with Crippen LogP contribution in [0.2, 0.25) is 0 Å². The van der Waals surface area contributed by atoms with Crippen molar-refractivity contribution in [3.05, 3.63) is 41.3 Å². The first-order valence-electron chi connectivity index (χ1n) is 4.65. The lowest BCUT2D eigenvalue weighted by molar-refractivity contribution is 0.0690. The van der Waals surface area contributed by atoms with Crippen molar-refractivity contribution >= 4 is 12.3 Å². The van der Waals surface area contributed by atoms with Crippen molar-refractivity contribution in [3.63, 3.8) is 0 Å². The molecule has 0 amide bonds. The lowest BCUT2D eigenvalue weighted by Crippen LogP contribution is -1.95. The van der Waals surface area contributed by atoms with E-state index in [0.717, 1.165) is 6.07 Å². The van der Waals surface area contributed by atoms with Crippen LogP contribution >= 0.6 is 0 Å². The summed E-state index contributed by atoms with van der Waals surface area (Å²) < 4.78 is 12.9. The molecule has 0 aliphatic carbocycles. The molecule has 5 nitrogen and oxygen atoms in total. The summed E-state index contributed by atoms with van der Waals surface area (Å²) in [6.45, 7) is 0. The third-order valence-electron chi connectivity index (χ3n) is 2.22. The van der Waals surface area contributed by atoms with E-state index in [1.54, 1.807) is 0 Å². The van der Waals surface area contributed by atoms with Crippen LogP contribution in [0.15, 0.2) is 24.3 Å². The van der Waals surface area contributed by atoms with Crippen molar-refractivity contribution in [2.75, 3.05) is 0 Å². The lowest BCUT2D eigenvalue weighted by Gasteiger charge is -2.00. The summed E-state index contributed by atoms with van der Waals surface area (Å²) in [6.07, 6.45) is 0.494. The monoisotopic (exact) mass is 234 g/mol. The van der Waals surface area contributed by atoms with Crippen LogP contribution in [0, 0.1) is 5.82 Å². The van der Waals surface area contributed by atoms with Crippen LogP contribution in [0.4, 0.5) is 4.39 Å². The number of aldehydes is 1. The van der Waals surface area contributed by atoms with Crippen LogP contribution < -0.4 is 0 Å². The summed E-state index contributed by atoms with van der Waals surface area (Å²) in [7, 11) is 0. The molecule has 17 heavy (non-hydrogen) atoms. The molecule has 0 aliphatic heterocycles. The van der Waals surface area contributed by atoms with Gasteiger partial charge in [-0.05, 0) is 24.3 Å². The van der Waals surface area contributed by atoms with Gasteiger partial charge in [0.25, 0.3) is 0 Å². The number of benzene rings is 1. The Balaban J connectivity index is 2.52. The molecule has 0 unspecified atom stereocenters. The normalized spacial score (nSPS) is 10.2. The average Bonchev–Trinajstić information content (AvgIpc) is 2.78. The molecule has 1 aromatic heterocycles. The summed E-state index contributed by atoms with van der Waals surface area (Å²) in [6, 6.07) is 4.90. The van der Waals surface area contributed by atoms with Gasteiger partial charge in [0.15, 0.2) is 6.29 Å². The summed E-state index contributed by atoms with van der Waals surface area (Å²) in [5, 5.41) is 14.8. The number of nitrogens with one attached hydrogen (secondary N) is 1. The molecule has 0 bridgehead atoms. The van der Waals surface area contributed by atoms with Gasteiger partial charge in [-0.25, -0.2) is 9.18 Å². The number of carboxylic acids is 1. The fraction of sp³-hybridized carbons (Fsp3) is 0. The number of aromatic amines is 1. The van der Waals surface area contributed by atoms with E-state index in [9.17, 15) is 14.0 Å². The van der Waals surface area contributed by atoms with Crippen molar-refractivity contribution in [2.24, 2.45) is 0 Å². The Labute approximate surface area is 94.9 Å². The van der Waals surface area contributed by atoms with Gasteiger partial charge in [0.2, 0.25) is 0 Å². The minimum absolute atomic E-state index is 0.0961. The number of aromatic carboxylic acids is 1. The molecule has 0 atom stereocenters. The SMILES string of the molecule is O=Cc1cc(F)ccc1-c1cc(C(=O)O)[nH]n1. The summed E-state index contributed by atoms with van der Waals surface area (Å²) in [5.74, 6) is -1.69. The molecule has 0 spiro atoms. The molecule has 2 aromatic rings. The fourth-order valence-electron chi connectivity index (χ4n) is 1.43. The second-order valence-electron chi connectivity index (χ2n) is 3.32. The molecule has 1 aromatic carbocycles. The molecule has 0 saturated heterocycles. The smallest absolute Gasteiger partial charge is 0.353 e. The molecular formula is C11H7FN2O3. The molecular weight excluding hydrogens is 227 g/mol. The van der Waals surface area contributed by atoms with E-state index in [1.807, 2.05) is 0 Å². The first kappa shape index (κ1) is 11.0. The van der Waals surface area contributed by atoms with Gasteiger partial charge in [-0.3, -0.25) is 9.89 Å². The minimum atomic E-state index is -1.15. The fourth-order valence-corrected chi connectivity index (χ4v) is 1.43. The summed E-state index contributed by atoms with van der Waals surface area (Å²) in [4.78, 5) is 21.4. The maximum atomic E-state index is 12.9. The number of nitrogens with zero attached hydrogens (tertiary/aromatic N) is 1. The molecule has 86 valence electrons. The van der Waals surface area contributed by atoms with E-state index >= 15 is 0 Å². The highest BCUT2D eigenvalue weighted by molar-refractivity contribution is 5.90. The number of H-pyrrole nitrogens is 1. The predicted molar refractivity (Wildman–Crippen MR) is 56.3 cm³/mol. The number of carbonyl (C=O) groups is 2. The third kappa shape index (κ3) is 2.05. The minimum Gasteiger partial charge on any atom is -0.477 e. The topological polar surface area (TPSA) is 83.0 Å². The maximum Gasteiger partial charge on any atom is 0.353 e. The number of carbonyl (C=O) groups excluding carboxylic acids is 1. The van der Waals surface area contributed by atoms with Crippen molar-refractivity contribution < 1.29 is 19.1 Å².